The van der Waals surface area contributed by atoms with Crippen LogP contribution in [0.3, 0.4) is 0 Å². The van der Waals surface area contributed by atoms with Crippen molar-refractivity contribution in [3.05, 3.63) is 35.6 Å². The molecule has 2 N–H and O–H groups in total. The summed E-state index contributed by atoms with van der Waals surface area (Å²) in [5.74, 6) is -0.0380. The average Bonchev–Trinajstić information content (AvgIpc) is 2.60. The molecule has 0 aliphatic heterocycles. The summed E-state index contributed by atoms with van der Waals surface area (Å²) >= 11 is 0. The van der Waals surface area contributed by atoms with Crippen molar-refractivity contribution in [1.29, 1.82) is 0 Å². The molecule has 0 bridgehead atoms. The third kappa shape index (κ3) is 2.72. The summed E-state index contributed by atoms with van der Waals surface area (Å²) in [7, 11) is 0. The summed E-state index contributed by atoms with van der Waals surface area (Å²) in [4.78, 5) is 3.93. The van der Waals surface area contributed by atoms with Crippen LogP contribution in [0.4, 0.5) is 10.3 Å². The summed E-state index contributed by atoms with van der Waals surface area (Å²) in [6.07, 6.45) is 0. The number of nitrogens with two attached hydrogens (primary N) is 1. The molecule has 0 radical (unpaired) electrons. The van der Waals surface area contributed by atoms with E-state index < -0.39 is 0 Å². The molecule has 1 aromatic carbocycles. The highest BCUT2D eigenvalue weighted by Gasteiger charge is 2.08. The second-order valence-corrected chi connectivity index (χ2v) is 3.47. The first-order valence-electron chi connectivity index (χ1n) is 5.26. The number of rotatable bonds is 4. The molecule has 90 valence electrons. The maximum atomic E-state index is 13.0. The molecule has 0 spiro atoms. The summed E-state index contributed by atoms with van der Waals surface area (Å²) in [5.41, 5.74) is 6.44. The van der Waals surface area contributed by atoms with Crippen LogP contribution in [0.1, 0.15) is 12.5 Å². The number of aromatic nitrogens is 3. The Balaban J connectivity index is 2.18. The lowest BCUT2D eigenvalue weighted by molar-refractivity contribution is 0.311. The van der Waals surface area contributed by atoms with Crippen molar-refractivity contribution in [2.75, 3.05) is 12.3 Å². The lowest BCUT2D eigenvalue weighted by Gasteiger charge is -2.02. The maximum Gasteiger partial charge on any atom is 0.337 e. The zero-order chi connectivity index (χ0) is 12.3. The Kier molecular flexibility index (Phi) is 3.22. The average molecular weight is 236 g/mol. The standard InChI is InChI=1S/C11H13FN4O/c1-2-17-11-14-10(13)16(15-11)7-8-4-3-5-9(12)6-8/h3-6H,2,7H2,1H3,(H2,13,14,15). The van der Waals surface area contributed by atoms with Gasteiger partial charge in [0.1, 0.15) is 5.82 Å². The monoisotopic (exact) mass is 236 g/mol. The van der Waals surface area contributed by atoms with Crippen LogP contribution < -0.4 is 10.5 Å². The quantitative estimate of drug-likeness (QED) is 0.872. The van der Waals surface area contributed by atoms with Gasteiger partial charge in [0.2, 0.25) is 5.95 Å². The summed E-state index contributed by atoms with van der Waals surface area (Å²) in [5, 5.41) is 4.06. The number of ether oxygens (including phenoxy) is 1. The van der Waals surface area contributed by atoms with E-state index >= 15 is 0 Å². The van der Waals surface area contributed by atoms with Gasteiger partial charge in [-0.15, -0.1) is 5.10 Å². The highest BCUT2D eigenvalue weighted by Crippen LogP contribution is 2.11. The third-order valence-corrected chi connectivity index (χ3v) is 2.18. The van der Waals surface area contributed by atoms with E-state index in [1.54, 1.807) is 12.1 Å². The van der Waals surface area contributed by atoms with Crippen LogP contribution in [-0.2, 0) is 6.54 Å². The summed E-state index contributed by atoms with van der Waals surface area (Å²) in [6.45, 7) is 2.68. The topological polar surface area (TPSA) is 66.0 Å². The fourth-order valence-corrected chi connectivity index (χ4v) is 1.45. The number of benzene rings is 1. The second kappa shape index (κ2) is 4.82. The number of hydrogen-bond acceptors (Lipinski definition) is 4. The molecular weight excluding hydrogens is 223 g/mol. The zero-order valence-electron chi connectivity index (χ0n) is 9.43. The van der Waals surface area contributed by atoms with Crippen LogP contribution in [0.25, 0.3) is 0 Å². The van der Waals surface area contributed by atoms with Crippen LogP contribution in [0, 0.1) is 5.82 Å². The fourth-order valence-electron chi connectivity index (χ4n) is 1.45. The smallest absolute Gasteiger partial charge is 0.337 e. The fraction of sp³-hybridized carbons (Fsp3) is 0.273. The molecule has 6 heteroatoms. The minimum atomic E-state index is -0.286. The number of hydrogen-bond donors (Lipinski definition) is 1. The Morgan fingerprint density at radius 3 is 3.00 bits per heavy atom. The number of nitrogens with zero attached hydrogens (tertiary/aromatic N) is 3. The van der Waals surface area contributed by atoms with Gasteiger partial charge in [-0.2, -0.15) is 4.98 Å². The molecule has 2 aromatic rings. The Hall–Kier alpha value is -2.11. The molecule has 0 saturated carbocycles. The van der Waals surface area contributed by atoms with E-state index in [0.717, 1.165) is 5.56 Å². The number of halogens is 1. The molecule has 0 saturated heterocycles. The Morgan fingerprint density at radius 2 is 2.29 bits per heavy atom. The molecular formula is C11H13FN4O. The van der Waals surface area contributed by atoms with Gasteiger partial charge in [0.05, 0.1) is 13.2 Å². The molecule has 0 unspecified atom stereocenters. The molecule has 0 aliphatic rings. The highest BCUT2D eigenvalue weighted by molar-refractivity contribution is 5.22. The largest absolute Gasteiger partial charge is 0.463 e. The minimum absolute atomic E-state index is 0.237. The van der Waals surface area contributed by atoms with E-state index in [-0.39, 0.29) is 17.8 Å². The van der Waals surface area contributed by atoms with Crippen molar-refractivity contribution >= 4 is 5.95 Å². The lowest BCUT2D eigenvalue weighted by Crippen LogP contribution is -2.06. The molecule has 1 heterocycles. The molecule has 1 aromatic heterocycles. The van der Waals surface area contributed by atoms with E-state index in [4.69, 9.17) is 10.5 Å². The molecule has 0 fully saturated rings. The van der Waals surface area contributed by atoms with Gasteiger partial charge < -0.3 is 10.5 Å². The third-order valence-electron chi connectivity index (χ3n) is 2.18. The van der Waals surface area contributed by atoms with Crippen LogP contribution in [0.5, 0.6) is 6.01 Å². The second-order valence-electron chi connectivity index (χ2n) is 3.47. The van der Waals surface area contributed by atoms with Gasteiger partial charge in [-0.1, -0.05) is 12.1 Å². The van der Waals surface area contributed by atoms with Gasteiger partial charge in [-0.3, -0.25) is 0 Å². The van der Waals surface area contributed by atoms with Crippen molar-refractivity contribution in [1.82, 2.24) is 14.8 Å². The van der Waals surface area contributed by atoms with E-state index in [9.17, 15) is 4.39 Å². The molecule has 0 aliphatic carbocycles. The first-order chi connectivity index (χ1) is 8.19. The van der Waals surface area contributed by atoms with E-state index in [0.29, 0.717) is 13.2 Å². The first-order valence-corrected chi connectivity index (χ1v) is 5.26. The van der Waals surface area contributed by atoms with Gasteiger partial charge >= 0.3 is 6.01 Å². The molecule has 17 heavy (non-hydrogen) atoms. The Labute approximate surface area is 98.0 Å². The highest BCUT2D eigenvalue weighted by atomic mass is 19.1. The molecule has 5 nitrogen and oxygen atoms in total. The predicted molar refractivity (Wildman–Crippen MR) is 61.1 cm³/mol. The normalized spacial score (nSPS) is 10.5. The summed E-state index contributed by atoms with van der Waals surface area (Å²) in [6, 6.07) is 6.49. The van der Waals surface area contributed by atoms with E-state index in [2.05, 4.69) is 10.1 Å². The van der Waals surface area contributed by atoms with Crippen molar-refractivity contribution in [3.63, 3.8) is 0 Å². The number of anilines is 1. The van der Waals surface area contributed by atoms with Gasteiger partial charge in [0, 0.05) is 0 Å². The maximum absolute atomic E-state index is 13.0. The zero-order valence-corrected chi connectivity index (χ0v) is 9.43. The van der Waals surface area contributed by atoms with Crippen LogP contribution in [0.2, 0.25) is 0 Å². The van der Waals surface area contributed by atoms with E-state index in [1.807, 2.05) is 6.92 Å². The van der Waals surface area contributed by atoms with Gasteiger partial charge in [0.25, 0.3) is 0 Å². The molecule has 0 amide bonds. The SMILES string of the molecule is CCOc1nc(N)n(Cc2cccc(F)c2)n1. The molecule has 0 atom stereocenters. The van der Waals surface area contributed by atoms with Crippen molar-refractivity contribution in [2.45, 2.75) is 13.5 Å². The first kappa shape index (κ1) is 11.4. The van der Waals surface area contributed by atoms with E-state index in [1.165, 1.54) is 16.8 Å². The molecule has 2 rings (SSSR count). The Bertz CT molecular complexity index is 512. The minimum Gasteiger partial charge on any atom is -0.463 e. The lowest BCUT2D eigenvalue weighted by atomic mass is 10.2. The van der Waals surface area contributed by atoms with Crippen LogP contribution >= 0.6 is 0 Å². The van der Waals surface area contributed by atoms with Gasteiger partial charge in [-0.05, 0) is 24.6 Å². The van der Waals surface area contributed by atoms with Crippen molar-refractivity contribution in [2.24, 2.45) is 0 Å². The summed E-state index contributed by atoms with van der Waals surface area (Å²) < 4.78 is 19.6. The van der Waals surface area contributed by atoms with Gasteiger partial charge in [0.15, 0.2) is 0 Å². The predicted octanol–water partition coefficient (Wildman–Crippen LogP) is 1.45. The van der Waals surface area contributed by atoms with Crippen molar-refractivity contribution in [3.8, 4) is 6.01 Å². The number of nitrogen functional groups attached to an aromatic ring is 1. The Morgan fingerprint density at radius 1 is 1.47 bits per heavy atom. The van der Waals surface area contributed by atoms with Crippen LogP contribution in [0.15, 0.2) is 24.3 Å². The van der Waals surface area contributed by atoms with Crippen molar-refractivity contribution < 1.29 is 9.13 Å². The van der Waals surface area contributed by atoms with Gasteiger partial charge in [-0.25, -0.2) is 9.07 Å². The van der Waals surface area contributed by atoms with Crippen LogP contribution in [-0.4, -0.2) is 21.4 Å².